The van der Waals surface area contributed by atoms with Gasteiger partial charge in [-0.1, -0.05) is 0 Å². The number of carbonyl (C=O) groups excluding carboxylic acids is 1. The van der Waals surface area contributed by atoms with Crippen molar-refractivity contribution in [3.63, 3.8) is 0 Å². The molecule has 7 heteroatoms. The Bertz CT molecular complexity index is 650. The van der Waals surface area contributed by atoms with Crippen molar-refractivity contribution < 1.29 is 9.21 Å². The maximum Gasteiger partial charge on any atom is 0.254 e. The van der Waals surface area contributed by atoms with E-state index in [1.807, 2.05) is 6.07 Å². The van der Waals surface area contributed by atoms with Crippen LogP contribution in [0.25, 0.3) is 0 Å². The van der Waals surface area contributed by atoms with Crippen LogP contribution in [-0.2, 0) is 0 Å². The van der Waals surface area contributed by atoms with Crippen LogP contribution in [0.15, 0.2) is 35.2 Å². The van der Waals surface area contributed by atoms with Crippen LogP contribution in [0.2, 0.25) is 0 Å². The fraction of sp³-hybridized carbons (Fsp3) is 0.471. The Morgan fingerprint density at radius 3 is 2.67 bits per heavy atom. The van der Waals surface area contributed by atoms with Gasteiger partial charge in [0.1, 0.15) is 5.76 Å². The molecule has 7 nitrogen and oxygen atoms in total. The van der Waals surface area contributed by atoms with Gasteiger partial charge < -0.3 is 14.6 Å². The van der Waals surface area contributed by atoms with Crippen molar-refractivity contribution in [3.8, 4) is 0 Å². The quantitative estimate of drug-likeness (QED) is 0.806. The fourth-order valence-corrected chi connectivity index (χ4v) is 2.85. The first-order chi connectivity index (χ1) is 11.7. The number of nitrogens with one attached hydrogen (secondary N) is 1. The molecule has 0 spiro atoms. The first-order valence-corrected chi connectivity index (χ1v) is 8.30. The minimum absolute atomic E-state index is 0.0627. The van der Waals surface area contributed by atoms with Crippen molar-refractivity contribution in [3.05, 3.63) is 42.1 Å². The van der Waals surface area contributed by atoms with Gasteiger partial charge in [-0.05, 0) is 32.0 Å². The molecule has 1 aliphatic heterocycles. The number of anilines is 1. The van der Waals surface area contributed by atoms with Gasteiger partial charge in [0.25, 0.3) is 5.91 Å². The second-order valence-corrected chi connectivity index (χ2v) is 5.88. The summed E-state index contributed by atoms with van der Waals surface area (Å²) in [4.78, 5) is 25.2. The topological polar surface area (TPSA) is 74.5 Å². The minimum atomic E-state index is -0.0627. The van der Waals surface area contributed by atoms with Gasteiger partial charge in [0.15, 0.2) is 0 Å². The lowest BCUT2D eigenvalue weighted by molar-refractivity contribution is 0.0950. The molecule has 1 saturated heterocycles. The van der Waals surface area contributed by atoms with Gasteiger partial charge in [-0.15, -0.1) is 0 Å². The van der Waals surface area contributed by atoms with Gasteiger partial charge in [0, 0.05) is 45.1 Å². The Morgan fingerprint density at radius 2 is 2.00 bits per heavy atom. The molecule has 2 aromatic heterocycles. The van der Waals surface area contributed by atoms with Crippen LogP contribution in [-0.4, -0.2) is 60.0 Å². The van der Waals surface area contributed by atoms with Gasteiger partial charge in [0.05, 0.1) is 11.8 Å². The number of furan rings is 1. The van der Waals surface area contributed by atoms with Gasteiger partial charge in [-0.25, -0.2) is 9.97 Å². The number of carbonyl (C=O) groups is 1. The third-order valence-corrected chi connectivity index (χ3v) is 4.25. The maximum atomic E-state index is 12.0. The van der Waals surface area contributed by atoms with E-state index >= 15 is 0 Å². The van der Waals surface area contributed by atoms with Crippen LogP contribution < -0.4 is 10.2 Å². The Balaban J connectivity index is 1.34. The van der Waals surface area contributed by atoms with E-state index < -0.39 is 0 Å². The van der Waals surface area contributed by atoms with Crippen molar-refractivity contribution >= 4 is 11.9 Å². The van der Waals surface area contributed by atoms with Crippen LogP contribution in [0.5, 0.6) is 0 Å². The van der Waals surface area contributed by atoms with Crippen LogP contribution in [0, 0.1) is 6.92 Å². The number of rotatable bonds is 6. The Labute approximate surface area is 141 Å². The van der Waals surface area contributed by atoms with E-state index in [9.17, 15) is 4.79 Å². The highest BCUT2D eigenvalue weighted by Gasteiger charge is 2.18. The summed E-state index contributed by atoms with van der Waals surface area (Å²) in [5.41, 5.74) is 0.617. The van der Waals surface area contributed by atoms with Gasteiger partial charge in [-0.3, -0.25) is 9.69 Å². The number of aromatic nitrogens is 2. The fourth-order valence-electron chi connectivity index (χ4n) is 2.85. The number of aryl methyl sites for hydroxylation is 1. The standard InChI is InChI=1S/C17H23N5O2/c1-14-15(4-13-24-14)16(23)18-7-3-8-21-9-11-22(12-10-21)17-19-5-2-6-20-17/h2,4-6,13H,3,7-12H2,1H3,(H,18,23). The predicted molar refractivity (Wildman–Crippen MR) is 91.1 cm³/mol. The summed E-state index contributed by atoms with van der Waals surface area (Å²) in [5.74, 6) is 1.40. The normalized spacial score (nSPS) is 15.5. The van der Waals surface area contributed by atoms with Gasteiger partial charge in [0.2, 0.25) is 5.95 Å². The number of amides is 1. The molecule has 0 unspecified atom stereocenters. The molecule has 0 aromatic carbocycles. The van der Waals surface area contributed by atoms with Crippen molar-refractivity contribution in [1.82, 2.24) is 20.2 Å². The minimum Gasteiger partial charge on any atom is -0.469 e. The highest BCUT2D eigenvalue weighted by atomic mass is 16.3. The number of hydrogen-bond acceptors (Lipinski definition) is 6. The van der Waals surface area contributed by atoms with E-state index in [-0.39, 0.29) is 5.91 Å². The number of nitrogens with zero attached hydrogens (tertiary/aromatic N) is 4. The van der Waals surface area contributed by atoms with Crippen molar-refractivity contribution in [2.24, 2.45) is 0 Å². The van der Waals surface area contributed by atoms with E-state index in [2.05, 4.69) is 25.1 Å². The molecule has 0 saturated carbocycles. The molecule has 128 valence electrons. The van der Waals surface area contributed by atoms with Gasteiger partial charge >= 0.3 is 0 Å². The molecule has 0 bridgehead atoms. The predicted octanol–water partition coefficient (Wildman–Crippen LogP) is 1.32. The summed E-state index contributed by atoms with van der Waals surface area (Å²) < 4.78 is 5.15. The number of piperazine rings is 1. The third kappa shape index (κ3) is 4.11. The SMILES string of the molecule is Cc1occc1C(=O)NCCCN1CCN(c2ncccn2)CC1. The maximum absolute atomic E-state index is 12.0. The first-order valence-electron chi connectivity index (χ1n) is 8.30. The summed E-state index contributed by atoms with van der Waals surface area (Å²) in [6.45, 7) is 7.31. The molecule has 2 aromatic rings. The van der Waals surface area contributed by atoms with Crippen LogP contribution in [0.4, 0.5) is 5.95 Å². The molecule has 1 amide bonds. The largest absolute Gasteiger partial charge is 0.469 e. The average molecular weight is 329 g/mol. The van der Waals surface area contributed by atoms with Crippen molar-refractivity contribution in [2.75, 3.05) is 44.2 Å². The van der Waals surface area contributed by atoms with Crippen LogP contribution in [0.1, 0.15) is 22.5 Å². The molecule has 0 radical (unpaired) electrons. The molecule has 1 fully saturated rings. The second-order valence-electron chi connectivity index (χ2n) is 5.88. The average Bonchev–Trinajstić information content (AvgIpc) is 3.06. The molecule has 3 heterocycles. The lowest BCUT2D eigenvalue weighted by Crippen LogP contribution is -2.47. The third-order valence-electron chi connectivity index (χ3n) is 4.25. The summed E-state index contributed by atoms with van der Waals surface area (Å²) in [5, 5.41) is 2.94. The zero-order valence-electron chi connectivity index (χ0n) is 13.9. The zero-order valence-corrected chi connectivity index (χ0v) is 13.9. The van der Waals surface area contributed by atoms with Crippen molar-refractivity contribution in [1.29, 1.82) is 0 Å². The molecule has 1 aliphatic rings. The summed E-state index contributed by atoms with van der Waals surface area (Å²) in [6, 6.07) is 3.54. The number of hydrogen-bond donors (Lipinski definition) is 1. The summed E-state index contributed by atoms with van der Waals surface area (Å²) in [7, 11) is 0. The van der Waals surface area contributed by atoms with Crippen LogP contribution in [0.3, 0.4) is 0 Å². The Kier molecular flexibility index (Phi) is 5.43. The van der Waals surface area contributed by atoms with Gasteiger partial charge in [-0.2, -0.15) is 0 Å². The van der Waals surface area contributed by atoms with E-state index in [1.165, 1.54) is 0 Å². The van der Waals surface area contributed by atoms with E-state index in [0.29, 0.717) is 17.9 Å². The zero-order chi connectivity index (χ0) is 16.8. The highest BCUT2D eigenvalue weighted by molar-refractivity contribution is 5.94. The molecular weight excluding hydrogens is 306 g/mol. The van der Waals surface area contributed by atoms with E-state index in [0.717, 1.165) is 45.1 Å². The van der Waals surface area contributed by atoms with E-state index in [1.54, 1.807) is 31.6 Å². The Morgan fingerprint density at radius 1 is 1.25 bits per heavy atom. The Hall–Kier alpha value is -2.41. The second kappa shape index (κ2) is 7.92. The summed E-state index contributed by atoms with van der Waals surface area (Å²) >= 11 is 0. The monoisotopic (exact) mass is 329 g/mol. The molecule has 0 aliphatic carbocycles. The molecule has 24 heavy (non-hydrogen) atoms. The first kappa shape index (κ1) is 16.4. The summed E-state index contributed by atoms with van der Waals surface area (Å²) in [6.07, 6.45) is 6.03. The smallest absolute Gasteiger partial charge is 0.254 e. The lowest BCUT2D eigenvalue weighted by Gasteiger charge is -2.34. The molecular formula is C17H23N5O2. The molecule has 3 rings (SSSR count). The lowest BCUT2D eigenvalue weighted by atomic mass is 10.2. The van der Waals surface area contributed by atoms with Crippen molar-refractivity contribution in [2.45, 2.75) is 13.3 Å². The van der Waals surface area contributed by atoms with Crippen LogP contribution >= 0.6 is 0 Å². The highest BCUT2D eigenvalue weighted by Crippen LogP contribution is 2.10. The van der Waals surface area contributed by atoms with E-state index in [4.69, 9.17) is 4.42 Å². The molecule has 0 atom stereocenters. The molecule has 1 N–H and O–H groups in total.